The Morgan fingerprint density at radius 3 is 2.57 bits per heavy atom. The summed E-state index contributed by atoms with van der Waals surface area (Å²) in [5.74, 6) is -0.612. The summed E-state index contributed by atoms with van der Waals surface area (Å²) in [6.07, 6.45) is -0.819. The lowest BCUT2D eigenvalue weighted by atomic mass is 10.0. The number of aliphatic imine (C=N–C) groups is 1. The monoisotopic (exact) mass is 393 g/mol. The minimum Gasteiger partial charge on any atom is -0.457 e. The van der Waals surface area contributed by atoms with Crippen LogP contribution < -0.4 is 0 Å². The fourth-order valence-corrected chi connectivity index (χ4v) is 2.35. The summed E-state index contributed by atoms with van der Waals surface area (Å²) in [6.45, 7) is 6.10. The van der Waals surface area contributed by atoms with Crippen LogP contribution in [-0.2, 0) is 17.5 Å². The van der Waals surface area contributed by atoms with Gasteiger partial charge in [-0.1, -0.05) is 0 Å². The van der Waals surface area contributed by atoms with Crippen LogP contribution in [0, 0.1) is 13.8 Å². The predicted molar refractivity (Wildman–Crippen MR) is 101 cm³/mol. The third kappa shape index (κ3) is 5.55. The van der Waals surface area contributed by atoms with Gasteiger partial charge in [-0.3, -0.25) is 4.98 Å². The van der Waals surface area contributed by atoms with Gasteiger partial charge in [0, 0.05) is 31.5 Å². The maximum atomic E-state index is 12.7. The van der Waals surface area contributed by atoms with Gasteiger partial charge in [0.25, 0.3) is 0 Å². The minimum absolute atomic E-state index is 0.168. The second-order valence-corrected chi connectivity index (χ2v) is 6.43. The molecule has 0 N–H and O–H groups in total. The van der Waals surface area contributed by atoms with E-state index in [-0.39, 0.29) is 12.2 Å². The van der Waals surface area contributed by atoms with Crippen LogP contribution in [-0.4, -0.2) is 35.8 Å². The first kappa shape index (κ1) is 21.4. The van der Waals surface area contributed by atoms with Gasteiger partial charge < -0.3 is 9.64 Å². The topological polar surface area (TPSA) is 54.8 Å². The van der Waals surface area contributed by atoms with Crippen LogP contribution in [0.15, 0.2) is 35.6 Å². The zero-order valence-corrected chi connectivity index (χ0v) is 16.2. The van der Waals surface area contributed by atoms with Crippen LogP contribution in [0.4, 0.5) is 18.9 Å². The Kier molecular flexibility index (Phi) is 6.77. The quantitative estimate of drug-likeness (QED) is 0.406. The van der Waals surface area contributed by atoms with Crippen LogP contribution in [0.3, 0.4) is 0 Å². The van der Waals surface area contributed by atoms with E-state index >= 15 is 0 Å². The minimum atomic E-state index is -4.50. The van der Waals surface area contributed by atoms with Gasteiger partial charge in [-0.2, -0.15) is 13.2 Å². The Morgan fingerprint density at radius 2 is 1.93 bits per heavy atom. The normalized spacial score (nSPS) is 11.7. The first-order chi connectivity index (χ1) is 13.1. The number of alkyl halides is 3. The van der Waals surface area contributed by atoms with Gasteiger partial charge in [0.2, 0.25) is 0 Å². The highest BCUT2D eigenvalue weighted by Gasteiger charge is 2.31. The number of rotatable bonds is 6. The lowest BCUT2D eigenvalue weighted by Gasteiger charge is -2.12. The average Bonchev–Trinajstić information content (AvgIpc) is 2.65. The molecule has 0 saturated heterocycles. The van der Waals surface area contributed by atoms with E-state index < -0.39 is 17.7 Å². The lowest BCUT2D eigenvalue weighted by molar-refractivity contribution is -0.137. The summed E-state index contributed by atoms with van der Waals surface area (Å²) >= 11 is 0. The number of carbonyl (C=O) groups excluding carboxylic acids is 1. The van der Waals surface area contributed by atoms with Crippen molar-refractivity contribution < 1.29 is 22.7 Å². The Hall–Kier alpha value is -2.90. The molecule has 2 aromatic rings. The summed E-state index contributed by atoms with van der Waals surface area (Å²) in [7, 11) is 1.90. The Morgan fingerprint density at radius 1 is 1.21 bits per heavy atom. The second kappa shape index (κ2) is 8.86. The van der Waals surface area contributed by atoms with Gasteiger partial charge in [-0.05, 0) is 50.1 Å². The zero-order valence-electron chi connectivity index (χ0n) is 16.2. The summed E-state index contributed by atoms with van der Waals surface area (Å²) in [4.78, 5) is 22.3. The zero-order chi connectivity index (χ0) is 20.9. The summed E-state index contributed by atoms with van der Waals surface area (Å²) in [6, 6.07) is 4.36. The first-order valence-corrected chi connectivity index (χ1v) is 8.65. The average molecular weight is 393 g/mol. The molecule has 1 aromatic heterocycles. The molecule has 0 unspecified atom stereocenters. The van der Waals surface area contributed by atoms with Gasteiger partial charge >= 0.3 is 12.1 Å². The molecule has 0 amide bonds. The van der Waals surface area contributed by atoms with E-state index in [1.54, 1.807) is 25.4 Å². The number of pyridine rings is 1. The summed E-state index contributed by atoms with van der Waals surface area (Å²) in [5, 5.41) is 0. The standard InChI is InChI=1S/C20H22F3N3O2/c1-5-26(4)12-25-18-7-13(2)17(6-14(18)3)19(27)28-11-15-8-16(10-24-9-15)20(21,22)23/h6-10,12H,5,11H2,1-4H3. The molecule has 1 aromatic carbocycles. The molecule has 0 bridgehead atoms. The smallest absolute Gasteiger partial charge is 0.417 e. The lowest BCUT2D eigenvalue weighted by Crippen LogP contribution is -2.14. The Balaban J connectivity index is 2.13. The van der Waals surface area contributed by atoms with Crippen LogP contribution in [0.2, 0.25) is 0 Å². The molecule has 0 saturated carbocycles. The van der Waals surface area contributed by atoms with Crippen molar-refractivity contribution in [3.05, 3.63) is 58.4 Å². The second-order valence-electron chi connectivity index (χ2n) is 6.43. The molecule has 0 aliphatic carbocycles. The number of halogens is 3. The van der Waals surface area contributed by atoms with Crippen molar-refractivity contribution in [2.45, 2.75) is 33.6 Å². The molecule has 5 nitrogen and oxygen atoms in total. The van der Waals surface area contributed by atoms with Crippen LogP contribution in [0.1, 0.15) is 39.5 Å². The molecule has 150 valence electrons. The fourth-order valence-electron chi connectivity index (χ4n) is 2.35. The van der Waals surface area contributed by atoms with Crippen molar-refractivity contribution in [1.82, 2.24) is 9.88 Å². The molecular weight excluding hydrogens is 371 g/mol. The van der Waals surface area contributed by atoms with E-state index in [9.17, 15) is 18.0 Å². The molecule has 0 aliphatic heterocycles. The van der Waals surface area contributed by atoms with Crippen molar-refractivity contribution in [2.24, 2.45) is 4.99 Å². The number of aromatic nitrogens is 1. The van der Waals surface area contributed by atoms with Crippen molar-refractivity contribution >= 4 is 18.0 Å². The highest BCUT2D eigenvalue weighted by atomic mass is 19.4. The van der Waals surface area contributed by atoms with E-state index in [1.807, 2.05) is 25.8 Å². The molecule has 8 heteroatoms. The van der Waals surface area contributed by atoms with Gasteiger partial charge in [0.15, 0.2) is 0 Å². The molecule has 0 radical (unpaired) electrons. The summed E-state index contributed by atoms with van der Waals surface area (Å²) in [5.41, 5.74) is 1.83. The number of hydrogen-bond acceptors (Lipinski definition) is 4. The van der Waals surface area contributed by atoms with Gasteiger partial charge in [0.05, 0.1) is 23.2 Å². The molecule has 0 atom stereocenters. The number of ether oxygens (including phenoxy) is 1. The number of benzene rings is 1. The SMILES string of the molecule is CCN(C)C=Nc1cc(C)c(C(=O)OCc2cncc(C(F)(F)F)c2)cc1C. The number of hydrogen-bond donors (Lipinski definition) is 0. The van der Waals surface area contributed by atoms with Crippen LogP contribution in [0.5, 0.6) is 0 Å². The maximum absolute atomic E-state index is 12.7. The maximum Gasteiger partial charge on any atom is 0.417 e. The first-order valence-electron chi connectivity index (χ1n) is 8.65. The molecule has 0 spiro atoms. The van der Waals surface area contributed by atoms with Gasteiger partial charge in [0.1, 0.15) is 6.61 Å². The van der Waals surface area contributed by atoms with E-state index in [1.165, 1.54) is 6.20 Å². The van der Waals surface area contributed by atoms with Crippen LogP contribution >= 0.6 is 0 Å². The van der Waals surface area contributed by atoms with Crippen LogP contribution in [0.25, 0.3) is 0 Å². The van der Waals surface area contributed by atoms with Crippen molar-refractivity contribution in [2.75, 3.05) is 13.6 Å². The number of esters is 1. The van der Waals surface area contributed by atoms with Crippen molar-refractivity contribution in [1.29, 1.82) is 0 Å². The molecular formula is C20H22F3N3O2. The van der Waals surface area contributed by atoms with Crippen molar-refractivity contribution in [3.8, 4) is 0 Å². The molecule has 0 fully saturated rings. The van der Waals surface area contributed by atoms with E-state index in [4.69, 9.17) is 4.74 Å². The molecule has 28 heavy (non-hydrogen) atoms. The molecule has 1 heterocycles. The van der Waals surface area contributed by atoms with E-state index in [2.05, 4.69) is 9.98 Å². The molecule has 2 rings (SSSR count). The number of aryl methyl sites for hydroxylation is 2. The highest BCUT2D eigenvalue weighted by molar-refractivity contribution is 5.92. The van der Waals surface area contributed by atoms with Gasteiger partial charge in [-0.15, -0.1) is 0 Å². The summed E-state index contributed by atoms with van der Waals surface area (Å²) < 4.78 is 43.4. The van der Waals surface area contributed by atoms with E-state index in [0.717, 1.165) is 30.1 Å². The largest absolute Gasteiger partial charge is 0.457 e. The number of carbonyl (C=O) groups is 1. The highest BCUT2D eigenvalue weighted by Crippen LogP contribution is 2.29. The molecule has 0 aliphatic rings. The Labute approximate surface area is 161 Å². The van der Waals surface area contributed by atoms with Crippen molar-refractivity contribution in [3.63, 3.8) is 0 Å². The number of nitrogens with zero attached hydrogens (tertiary/aromatic N) is 3. The predicted octanol–water partition coefficient (Wildman–Crippen LogP) is 4.69. The fraction of sp³-hybridized carbons (Fsp3) is 0.350. The van der Waals surface area contributed by atoms with Gasteiger partial charge in [-0.25, -0.2) is 9.79 Å². The Bertz CT molecular complexity index is 879. The third-order valence-electron chi connectivity index (χ3n) is 4.15. The third-order valence-corrected chi connectivity index (χ3v) is 4.15. The van der Waals surface area contributed by atoms with E-state index in [0.29, 0.717) is 11.1 Å².